The van der Waals surface area contributed by atoms with Gasteiger partial charge in [-0.25, -0.2) is 27.6 Å². The van der Waals surface area contributed by atoms with Crippen LogP contribution >= 0.6 is 11.3 Å². The van der Waals surface area contributed by atoms with E-state index in [0.717, 1.165) is 5.39 Å². The van der Waals surface area contributed by atoms with Crippen LogP contribution < -0.4 is 20.1 Å². The van der Waals surface area contributed by atoms with Crippen LogP contribution in [0.1, 0.15) is 59.3 Å². The Hall–Kier alpha value is -5.27. The van der Waals surface area contributed by atoms with E-state index in [1.165, 1.54) is 28.4 Å². The van der Waals surface area contributed by atoms with Crippen LogP contribution in [0.25, 0.3) is 31.8 Å². The van der Waals surface area contributed by atoms with E-state index >= 15 is 0 Å². The van der Waals surface area contributed by atoms with Gasteiger partial charge in [-0.1, -0.05) is 24.3 Å². The second-order valence-electron chi connectivity index (χ2n) is 16.3. The molecule has 2 aliphatic heterocycles. The third kappa shape index (κ3) is 8.72. The number of sulfonamides is 1. The minimum atomic E-state index is -3.95. The van der Waals surface area contributed by atoms with Gasteiger partial charge in [0.25, 0.3) is 5.91 Å². The fraction of sp³-hybridized carbons (Fsp3) is 0.475. The Morgan fingerprint density at radius 1 is 1.14 bits per heavy atom. The molecule has 3 fully saturated rings. The molecule has 5 atom stereocenters. The van der Waals surface area contributed by atoms with Crippen LogP contribution in [0.3, 0.4) is 0 Å². The molecule has 0 spiro atoms. The predicted molar refractivity (Wildman–Crippen MR) is 214 cm³/mol. The van der Waals surface area contributed by atoms with Crippen molar-refractivity contribution in [3.05, 3.63) is 60.6 Å². The minimum absolute atomic E-state index is 0.0832. The number of fused-ring (bicyclic) bond motifs is 5. The number of nitrogens with one attached hydrogen (secondary N) is 3. The monoisotopic (exact) mass is 849 g/mol. The lowest BCUT2D eigenvalue weighted by atomic mass is 10.1. The second kappa shape index (κ2) is 15.7. The third-order valence-electron chi connectivity index (χ3n) is 10.5. The fourth-order valence-electron chi connectivity index (χ4n) is 7.38. The zero-order valence-electron chi connectivity index (χ0n) is 32.6. The molecule has 4 aliphatic rings. The van der Waals surface area contributed by atoms with Gasteiger partial charge in [-0.15, -0.1) is 11.3 Å². The smallest absolute Gasteiger partial charge is 0.408 e. The largest absolute Gasteiger partial charge is 0.471 e. The molecule has 312 valence electrons. The van der Waals surface area contributed by atoms with Crippen LogP contribution in [-0.4, -0.2) is 106 Å². The molecular formula is C40H44FN7O9S2. The van der Waals surface area contributed by atoms with E-state index in [9.17, 15) is 32.0 Å². The van der Waals surface area contributed by atoms with Crippen LogP contribution in [0.15, 0.2) is 54.7 Å². The van der Waals surface area contributed by atoms with Gasteiger partial charge in [-0.05, 0) is 77.1 Å². The molecule has 59 heavy (non-hydrogen) atoms. The average Bonchev–Trinajstić information content (AvgIpc) is 4.07. The van der Waals surface area contributed by atoms with Crippen molar-refractivity contribution in [2.45, 2.75) is 93.9 Å². The Balaban J connectivity index is 1.15. The number of aromatic nitrogens is 3. The number of pyridine rings is 1. The zero-order valence-corrected chi connectivity index (χ0v) is 34.2. The molecule has 5 heterocycles. The van der Waals surface area contributed by atoms with Crippen molar-refractivity contribution in [2.24, 2.45) is 5.92 Å². The number of rotatable bonds is 7. The van der Waals surface area contributed by atoms with Gasteiger partial charge in [0, 0.05) is 36.1 Å². The number of allylic oxidation sites excluding steroid dienone is 1. The molecule has 4 aromatic rings. The first kappa shape index (κ1) is 40.5. The number of ether oxygens (including phenoxy) is 3. The highest BCUT2D eigenvalue weighted by Gasteiger charge is 2.62. The quantitative estimate of drug-likeness (QED) is 0.225. The Labute approximate surface area is 343 Å². The summed E-state index contributed by atoms with van der Waals surface area (Å²) in [5, 5.41) is 5.50. The number of alkyl carbamates (subject to hydrolysis) is 1. The van der Waals surface area contributed by atoms with Gasteiger partial charge < -0.3 is 29.7 Å². The summed E-state index contributed by atoms with van der Waals surface area (Å²) in [6.07, 6.45) is 5.56. The summed E-state index contributed by atoms with van der Waals surface area (Å²) in [6, 6.07) is 6.90. The molecule has 3 N–H and O–H groups in total. The van der Waals surface area contributed by atoms with Gasteiger partial charge in [0.15, 0.2) is 5.82 Å². The van der Waals surface area contributed by atoms with Gasteiger partial charge in [-0.3, -0.25) is 19.1 Å². The highest BCUT2D eigenvalue weighted by atomic mass is 32.2. The van der Waals surface area contributed by atoms with Crippen LogP contribution in [0.2, 0.25) is 0 Å². The van der Waals surface area contributed by atoms with E-state index < -0.39 is 80.2 Å². The molecular weight excluding hydrogens is 806 g/mol. The number of carbonyl (C=O) groups excluding carboxylic acids is 4. The SMILES string of the molecule is CC(C)(C)OC(=O)N[C@H]1COCCC/C=C\[C@@H]2C[C@@]2(C(=O)NS(=O)(=O)C2CC2)NC(=O)[C@@H]2C[C@H](Oc3nc(-c4cccc(F)c4)nc4c3sc3ncccc34)CN2C1=O. The highest BCUT2D eigenvalue weighted by Crippen LogP contribution is 2.46. The molecule has 0 radical (unpaired) electrons. The molecule has 1 saturated heterocycles. The van der Waals surface area contributed by atoms with Crippen molar-refractivity contribution in [1.29, 1.82) is 0 Å². The van der Waals surface area contributed by atoms with E-state index in [2.05, 4.69) is 20.3 Å². The van der Waals surface area contributed by atoms with Gasteiger partial charge in [-0.2, -0.15) is 4.98 Å². The summed E-state index contributed by atoms with van der Waals surface area (Å²) in [5.41, 5.74) is -1.56. The molecule has 3 aromatic heterocycles. The standard InChI is InChI=1S/C40H44FN7O9S2/c1-39(2,3)57-38(52)43-28-21-55-16-6-4-5-10-23-19-40(23,37(51)47-59(53,54)26-13-14-26)46-33(49)29-18-25(20-48(29)36(28)50)56-34-31-30(27-12-8-15-42-35(27)58-31)44-32(45-34)22-9-7-11-24(41)17-22/h5,7-12,15,17,23,25-26,28-29H,4,6,13-14,16,18-21H2,1-3H3,(H,43,52)(H,46,49)(H,47,51)/b10-5-/t23-,25+,28+,29+,40-/m1/s1. The number of halogens is 1. The van der Waals surface area contributed by atoms with Crippen LogP contribution in [-0.2, 0) is 33.9 Å². The molecule has 2 aliphatic carbocycles. The number of thiophene rings is 1. The number of amides is 4. The number of carbonyl (C=O) groups is 4. The van der Waals surface area contributed by atoms with E-state index in [1.54, 1.807) is 51.2 Å². The molecule has 0 unspecified atom stereocenters. The minimum Gasteiger partial charge on any atom is -0.471 e. The van der Waals surface area contributed by atoms with Gasteiger partial charge in [0.2, 0.25) is 27.7 Å². The van der Waals surface area contributed by atoms with E-state index in [1.807, 2.05) is 12.1 Å². The third-order valence-corrected chi connectivity index (χ3v) is 13.4. The lowest BCUT2D eigenvalue weighted by Crippen LogP contribution is -2.59. The molecule has 8 rings (SSSR count). The summed E-state index contributed by atoms with van der Waals surface area (Å²) >= 11 is 1.29. The number of benzene rings is 1. The lowest BCUT2D eigenvalue weighted by Gasteiger charge is -2.30. The Bertz CT molecular complexity index is 2470. The first-order chi connectivity index (χ1) is 28.1. The molecule has 1 aromatic carbocycles. The number of hydrogen-bond donors (Lipinski definition) is 3. The van der Waals surface area contributed by atoms with Crippen molar-refractivity contribution in [3.8, 4) is 17.3 Å². The van der Waals surface area contributed by atoms with Crippen molar-refractivity contribution in [2.75, 3.05) is 19.8 Å². The Morgan fingerprint density at radius 2 is 1.95 bits per heavy atom. The highest BCUT2D eigenvalue weighted by molar-refractivity contribution is 7.91. The van der Waals surface area contributed by atoms with Crippen molar-refractivity contribution in [3.63, 3.8) is 0 Å². The van der Waals surface area contributed by atoms with Crippen molar-refractivity contribution in [1.82, 2.24) is 35.2 Å². The first-order valence-corrected chi connectivity index (χ1v) is 21.9. The first-order valence-electron chi connectivity index (χ1n) is 19.5. The van der Waals surface area contributed by atoms with Crippen molar-refractivity contribution >= 4 is 65.6 Å². The van der Waals surface area contributed by atoms with Crippen LogP contribution in [0, 0.1) is 11.7 Å². The van der Waals surface area contributed by atoms with Gasteiger partial charge >= 0.3 is 6.09 Å². The van der Waals surface area contributed by atoms with Crippen molar-refractivity contribution < 1.29 is 46.2 Å². The average molecular weight is 850 g/mol. The van der Waals surface area contributed by atoms with Gasteiger partial charge in [0.05, 0.1) is 23.9 Å². The zero-order chi connectivity index (χ0) is 41.7. The maximum atomic E-state index is 14.6. The molecule has 2 saturated carbocycles. The van der Waals surface area contributed by atoms with Gasteiger partial charge in [0.1, 0.15) is 44.7 Å². The molecule has 0 bridgehead atoms. The van der Waals surface area contributed by atoms with Crippen LogP contribution in [0.4, 0.5) is 9.18 Å². The van der Waals surface area contributed by atoms with E-state index in [-0.39, 0.29) is 44.3 Å². The lowest BCUT2D eigenvalue weighted by molar-refractivity contribution is -0.142. The number of nitrogens with zero attached hydrogens (tertiary/aromatic N) is 4. The normalized spacial score (nSPS) is 25.9. The molecule has 16 nitrogen and oxygen atoms in total. The maximum Gasteiger partial charge on any atom is 0.408 e. The summed E-state index contributed by atoms with van der Waals surface area (Å²) in [6.45, 7) is 4.88. The summed E-state index contributed by atoms with van der Waals surface area (Å²) in [5.74, 6) is -2.93. The van der Waals surface area contributed by atoms with E-state index in [0.29, 0.717) is 46.3 Å². The van der Waals surface area contributed by atoms with E-state index in [4.69, 9.17) is 24.2 Å². The summed E-state index contributed by atoms with van der Waals surface area (Å²) < 4.78 is 60.9. The number of hydrogen-bond acceptors (Lipinski definition) is 13. The predicted octanol–water partition coefficient (Wildman–Crippen LogP) is 4.14. The molecule has 19 heteroatoms. The topological polar surface area (TPSA) is 208 Å². The summed E-state index contributed by atoms with van der Waals surface area (Å²) in [4.78, 5) is 71.8. The Kier molecular flexibility index (Phi) is 10.8. The summed E-state index contributed by atoms with van der Waals surface area (Å²) in [7, 11) is -3.95. The molecule has 4 amide bonds. The Morgan fingerprint density at radius 3 is 2.71 bits per heavy atom. The maximum absolute atomic E-state index is 14.6. The fourth-order valence-corrected chi connectivity index (χ4v) is 9.76. The van der Waals surface area contributed by atoms with Crippen LogP contribution in [0.5, 0.6) is 5.88 Å². The second-order valence-corrected chi connectivity index (χ2v) is 19.2.